The van der Waals surface area contributed by atoms with E-state index < -0.39 is 0 Å². The van der Waals surface area contributed by atoms with Gasteiger partial charge < -0.3 is 20.0 Å². The highest BCUT2D eigenvalue weighted by Crippen LogP contribution is 2.38. The maximum atomic E-state index is 9.23. The molecule has 0 fully saturated rings. The van der Waals surface area contributed by atoms with E-state index in [1.165, 1.54) is 0 Å². The first-order valence-electron chi connectivity index (χ1n) is 9.16. The van der Waals surface area contributed by atoms with Crippen LogP contribution in [-0.2, 0) is 13.0 Å². The van der Waals surface area contributed by atoms with E-state index in [1.807, 2.05) is 24.3 Å². The van der Waals surface area contributed by atoms with Gasteiger partial charge in [0.2, 0.25) is 0 Å². The summed E-state index contributed by atoms with van der Waals surface area (Å²) >= 11 is 0. The van der Waals surface area contributed by atoms with Gasteiger partial charge in [0.25, 0.3) is 0 Å². The van der Waals surface area contributed by atoms with E-state index in [4.69, 9.17) is 9.62 Å². The highest BCUT2D eigenvalue weighted by molar-refractivity contribution is 6.05. The first kappa shape index (κ1) is 17.3. The Morgan fingerprint density at radius 2 is 1.97 bits per heavy atom. The molecule has 3 N–H and O–H groups in total. The van der Waals surface area contributed by atoms with Crippen LogP contribution in [0.1, 0.15) is 23.1 Å². The molecule has 3 aromatic heterocycles. The fraction of sp³-hybridized carbons (Fsp3) is 0.143. The average molecular weight is 387 g/mol. The monoisotopic (exact) mass is 387 g/mol. The summed E-state index contributed by atoms with van der Waals surface area (Å²) in [4.78, 5) is 12.8. The second kappa shape index (κ2) is 6.99. The van der Waals surface area contributed by atoms with Gasteiger partial charge in [0, 0.05) is 40.8 Å². The second-order valence-corrected chi connectivity index (χ2v) is 6.79. The van der Waals surface area contributed by atoms with Crippen molar-refractivity contribution in [3.05, 3.63) is 65.7 Å². The number of aromatic nitrogens is 3. The van der Waals surface area contributed by atoms with Gasteiger partial charge in [-0.1, -0.05) is 11.2 Å². The molecule has 1 aliphatic rings. The van der Waals surface area contributed by atoms with Crippen molar-refractivity contribution < 1.29 is 14.7 Å². The lowest BCUT2D eigenvalue weighted by Crippen LogP contribution is -1.97. The van der Waals surface area contributed by atoms with Crippen molar-refractivity contribution in [3.8, 4) is 11.6 Å². The number of oxime groups is 1. The van der Waals surface area contributed by atoms with E-state index in [-0.39, 0.29) is 6.61 Å². The van der Waals surface area contributed by atoms with Crippen molar-refractivity contribution in [3.63, 3.8) is 0 Å². The van der Waals surface area contributed by atoms with E-state index >= 15 is 0 Å². The van der Waals surface area contributed by atoms with Crippen LogP contribution in [-0.4, -0.2) is 31.0 Å². The van der Waals surface area contributed by atoms with E-state index in [9.17, 15) is 5.11 Å². The number of hydrogen-bond donors (Lipinski definition) is 3. The van der Waals surface area contributed by atoms with Crippen LogP contribution in [0.5, 0.6) is 0 Å². The number of aryl methyl sites for hydroxylation is 1. The summed E-state index contributed by atoms with van der Waals surface area (Å²) in [6.45, 7) is -0.121. The predicted molar refractivity (Wildman–Crippen MR) is 107 cm³/mol. The minimum atomic E-state index is -0.121. The largest absolute Gasteiger partial charge is 0.449 e. The zero-order chi connectivity index (χ0) is 19.8. The number of hydrogen-bond acceptors (Lipinski definition) is 8. The summed E-state index contributed by atoms with van der Waals surface area (Å²) in [5, 5.41) is 26.0. The number of anilines is 2. The topological polar surface area (TPSA) is 117 Å². The Kier molecular flexibility index (Phi) is 4.18. The van der Waals surface area contributed by atoms with Gasteiger partial charge in [0.15, 0.2) is 17.2 Å². The Hall–Kier alpha value is -3.78. The number of rotatable bonds is 4. The molecule has 0 radical (unpaired) electrons. The zero-order valence-corrected chi connectivity index (χ0v) is 15.3. The molecule has 0 unspecified atom stereocenters. The number of pyridine rings is 1. The molecule has 0 spiro atoms. The van der Waals surface area contributed by atoms with Crippen LogP contribution in [0.25, 0.3) is 22.6 Å². The van der Waals surface area contributed by atoms with Gasteiger partial charge in [-0.25, -0.2) is 9.97 Å². The van der Waals surface area contributed by atoms with Crippen LogP contribution in [0.3, 0.4) is 0 Å². The van der Waals surface area contributed by atoms with Crippen molar-refractivity contribution >= 4 is 28.1 Å². The second-order valence-electron chi connectivity index (χ2n) is 6.79. The lowest BCUT2D eigenvalue weighted by atomic mass is 10.1. The smallest absolute Gasteiger partial charge is 0.197 e. The summed E-state index contributed by atoms with van der Waals surface area (Å²) in [6, 6.07) is 7.81. The van der Waals surface area contributed by atoms with Crippen molar-refractivity contribution in [1.82, 2.24) is 15.0 Å². The first-order chi connectivity index (χ1) is 14.3. The van der Waals surface area contributed by atoms with Crippen molar-refractivity contribution in [2.75, 3.05) is 5.32 Å². The Labute approximate surface area is 165 Å². The molecule has 144 valence electrons. The van der Waals surface area contributed by atoms with Gasteiger partial charge in [-0.2, -0.15) is 0 Å². The molecule has 3 heterocycles. The van der Waals surface area contributed by atoms with Gasteiger partial charge in [-0.3, -0.25) is 4.98 Å². The van der Waals surface area contributed by atoms with Crippen LogP contribution in [0.15, 0.2) is 58.6 Å². The molecular formula is C21H17N5O3. The predicted octanol–water partition coefficient (Wildman–Crippen LogP) is 3.65. The molecular weight excluding hydrogens is 370 g/mol. The molecule has 0 aliphatic heterocycles. The van der Waals surface area contributed by atoms with Crippen LogP contribution in [0.2, 0.25) is 0 Å². The van der Waals surface area contributed by atoms with Crippen molar-refractivity contribution in [1.29, 1.82) is 0 Å². The number of benzene rings is 1. The summed E-state index contributed by atoms with van der Waals surface area (Å²) in [5.74, 6) is 0.910. The Balaban J connectivity index is 1.59. The molecule has 4 aromatic rings. The van der Waals surface area contributed by atoms with Gasteiger partial charge >= 0.3 is 0 Å². The molecule has 1 aliphatic carbocycles. The third-order valence-electron chi connectivity index (χ3n) is 5.02. The Bertz CT molecular complexity index is 1230. The summed E-state index contributed by atoms with van der Waals surface area (Å²) in [5.41, 5.74) is 5.69. The minimum Gasteiger partial charge on any atom is -0.449 e. The maximum absolute atomic E-state index is 9.23. The van der Waals surface area contributed by atoms with E-state index in [1.54, 1.807) is 24.8 Å². The first-order valence-corrected chi connectivity index (χ1v) is 9.16. The van der Waals surface area contributed by atoms with E-state index in [2.05, 4.69) is 25.4 Å². The van der Waals surface area contributed by atoms with Crippen LogP contribution in [0.4, 0.5) is 11.4 Å². The molecule has 8 heteroatoms. The Morgan fingerprint density at radius 3 is 2.76 bits per heavy atom. The fourth-order valence-corrected chi connectivity index (χ4v) is 3.58. The average Bonchev–Trinajstić information content (AvgIpc) is 3.35. The lowest BCUT2D eigenvalue weighted by Gasteiger charge is -2.09. The summed E-state index contributed by atoms with van der Waals surface area (Å²) in [6.07, 6.45) is 8.06. The molecule has 29 heavy (non-hydrogen) atoms. The number of fused-ring (bicyclic) bond motifs is 2. The Morgan fingerprint density at radius 1 is 1.10 bits per heavy atom. The molecule has 0 bridgehead atoms. The van der Waals surface area contributed by atoms with Crippen LogP contribution >= 0.6 is 0 Å². The maximum Gasteiger partial charge on any atom is 0.197 e. The highest BCUT2D eigenvalue weighted by Gasteiger charge is 2.21. The van der Waals surface area contributed by atoms with Gasteiger partial charge in [-0.05, 0) is 36.6 Å². The third-order valence-corrected chi connectivity index (χ3v) is 5.02. The normalized spacial score (nSPS) is 14.4. The lowest BCUT2D eigenvalue weighted by molar-refractivity contribution is 0.281. The van der Waals surface area contributed by atoms with Crippen LogP contribution < -0.4 is 5.32 Å². The van der Waals surface area contributed by atoms with Crippen molar-refractivity contribution in [2.45, 2.75) is 19.4 Å². The molecule has 0 amide bonds. The van der Waals surface area contributed by atoms with E-state index in [0.717, 1.165) is 40.7 Å². The molecule has 8 nitrogen and oxygen atoms in total. The van der Waals surface area contributed by atoms with Crippen molar-refractivity contribution in [2.24, 2.45) is 5.16 Å². The number of nitrogens with zero attached hydrogens (tertiary/aromatic N) is 4. The molecule has 0 saturated carbocycles. The minimum absolute atomic E-state index is 0.121. The molecule has 0 atom stereocenters. The van der Waals surface area contributed by atoms with Gasteiger partial charge in [0.1, 0.15) is 0 Å². The number of furan rings is 1. The van der Waals surface area contributed by atoms with E-state index in [0.29, 0.717) is 28.4 Å². The zero-order valence-electron chi connectivity index (χ0n) is 15.3. The SMILES string of the molecule is OCc1cnc(-c2oc3cnccc3c2Nc2ccc3c(c2)CC/C3=N\O)nc1. The number of aliphatic hydroxyl groups is 1. The molecule has 5 rings (SSSR count). The molecule has 1 aromatic carbocycles. The van der Waals surface area contributed by atoms with Crippen LogP contribution in [0, 0.1) is 0 Å². The molecule has 0 saturated heterocycles. The number of nitrogens with one attached hydrogen (secondary N) is 1. The summed E-state index contributed by atoms with van der Waals surface area (Å²) < 4.78 is 5.99. The quantitative estimate of drug-likeness (QED) is 0.361. The number of aliphatic hydroxyl groups excluding tert-OH is 1. The fourth-order valence-electron chi connectivity index (χ4n) is 3.58. The van der Waals surface area contributed by atoms with Gasteiger partial charge in [-0.15, -0.1) is 0 Å². The van der Waals surface area contributed by atoms with Gasteiger partial charge in [0.05, 0.1) is 24.2 Å². The highest BCUT2D eigenvalue weighted by atomic mass is 16.4. The summed E-state index contributed by atoms with van der Waals surface area (Å²) in [7, 11) is 0. The standard InChI is InChI=1S/C21H17N5O3/c27-11-12-8-23-21(24-9-12)20-19(16-5-6-22-10-18(16)29-20)25-14-2-3-15-13(7-14)1-4-17(15)26-28/h2-3,5-10,25,27-28H,1,4,11H2/b26-17+. The third kappa shape index (κ3) is 2.99.